The molecular formula is C24H23N3O2. The molecule has 29 heavy (non-hydrogen) atoms. The van der Waals surface area contributed by atoms with Crippen molar-refractivity contribution in [3.05, 3.63) is 102 Å². The Hall–Kier alpha value is -3.60. The Morgan fingerprint density at radius 2 is 1.83 bits per heavy atom. The molecule has 146 valence electrons. The number of hydrogen-bond donors (Lipinski definition) is 1. The van der Waals surface area contributed by atoms with Gasteiger partial charge in [0.15, 0.2) is 0 Å². The summed E-state index contributed by atoms with van der Waals surface area (Å²) in [5.74, 6) is 0.538. The molecule has 0 fully saturated rings. The van der Waals surface area contributed by atoms with Gasteiger partial charge in [-0.2, -0.15) is 5.10 Å². The highest BCUT2D eigenvalue weighted by Crippen LogP contribution is 2.24. The van der Waals surface area contributed by atoms with Gasteiger partial charge in [0.25, 0.3) is 5.91 Å². The molecular weight excluding hydrogens is 362 g/mol. The molecule has 0 unspecified atom stereocenters. The van der Waals surface area contributed by atoms with Crippen molar-refractivity contribution < 1.29 is 9.21 Å². The molecule has 1 amide bonds. The zero-order valence-electron chi connectivity index (χ0n) is 16.5. The first-order chi connectivity index (χ1) is 14.1. The molecule has 0 aliphatic carbocycles. The van der Waals surface area contributed by atoms with Crippen LogP contribution >= 0.6 is 0 Å². The summed E-state index contributed by atoms with van der Waals surface area (Å²) in [5.41, 5.74) is 4.42. The van der Waals surface area contributed by atoms with E-state index in [1.54, 1.807) is 6.26 Å². The minimum atomic E-state index is -0.235. The van der Waals surface area contributed by atoms with Crippen molar-refractivity contribution in [2.45, 2.75) is 26.4 Å². The molecule has 4 aromatic rings. The Kier molecular flexibility index (Phi) is 5.29. The van der Waals surface area contributed by atoms with Crippen molar-refractivity contribution >= 4 is 5.91 Å². The van der Waals surface area contributed by atoms with Gasteiger partial charge in [0.1, 0.15) is 11.5 Å². The van der Waals surface area contributed by atoms with Crippen molar-refractivity contribution in [3.63, 3.8) is 0 Å². The second kappa shape index (κ2) is 8.19. The number of carbonyl (C=O) groups is 1. The number of furan rings is 1. The lowest BCUT2D eigenvalue weighted by molar-refractivity contribution is 0.0936. The first kappa shape index (κ1) is 18.7. The number of nitrogens with one attached hydrogen (secondary N) is 1. The van der Waals surface area contributed by atoms with Crippen LogP contribution < -0.4 is 5.32 Å². The van der Waals surface area contributed by atoms with Gasteiger partial charge in [-0.3, -0.25) is 9.48 Å². The van der Waals surface area contributed by atoms with E-state index in [-0.39, 0.29) is 11.9 Å². The fourth-order valence-electron chi connectivity index (χ4n) is 3.25. The van der Waals surface area contributed by atoms with Crippen LogP contribution in [0.15, 0.2) is 83.6 Å². The van der Waals surface area contributed by atoms with Gasteiger partial charge in [0, 0.05) is 11.8 Å². The van der Waals surface area contributed by atoms with Crippen molar-refractivity contribution in [2.24, 2.45) is 0 Å². The van der Waals surface area contributed by atoms with Crippen molar-refractivity contribution in [3.8, 4) is 11.3 Å². The second-order valence-corrected chi connectivity index (χ2v) is 7.15. The zero-order valence-corrected chi connectivity index (χ0v) is 16.5. The first-order valence-corrected chi connectivity index (χ1v) is 9.63. The summed E-state index contributed by atoms with van der Waals surface area (Å²) in [5, 5.41) is 7.74. The van der Waals surface area contributed by atoms with Gasteiger partial charge < -0.3 is 9.73 Å². The zero-order chi connectivity index (χ0) is 20.2. The van der Waals surface area contributed by atoms with E-state index in [2.05, 4.69) is 5.32 Å². The van der Waals surface area contributed by atoms with E-state index >= 15 is 0 Å². The molecule has 4 rings (SSSR count). The number of aromatic nitrogens is 2. The number of nitrogens with zero attached hydrogens (tertiary/aromatic N) is 2. The molecule has 0 bridgehead atoms. The molecule has 5 heteroatoms. The monoisotopic (exact) mass is 385 g/mol. The normalized spacial score (nSPS) is 11.9. The van der Waals surface area contributed by atoms with Gasteiger partial charge in [-0.05, 0) is 31.5 Å². The highest BCUT2D eigenvalue weighted by atomic mass is 16.3. The summed E-state index contributed by atoms with van der Waals surface area (Å²) in [7, 11) is 0. The smallest absolute Gasteiger partial charge is 0.255 e. The van der Waals surface area contributed by atoms with E-state index in [1.807, 2.05) is 91.5 Å². The third kappa shape index (κ3) is 4.29. The third-order valence-corrected chi connectivity index (χ3v) is 4.84. The summed E-state index contributed by atoms with van der Waals surface area (Å²) in [6.45, 7) is 4.54. The molecule has 0 spiro atoms. The molecule has 0 saturated carbocycles. The average molecular weight is 385 g/mol. The molecule has 5 nitrogen and oxygen atoms in total. The van der Waals surface area contributed by atoms with Crippen LogP contribution in [-0.2, 0) is 6.54 Å². The number of benzene rings is 2. The van der Waals surface area contributed by atoms with Crippen LogP contribution in [0.1, 0.15) is 40.2 Å². The van der Waals surface area contributed by atoms with Crippen LogP contribution in [-0.4, -0.2) is 15.7 Å². The van der Waals surface area contributed by atoms with Gasteiger partial charge >= 0.3 is 0 Å². The number of amides is 1. The van der Waals surface area contributed by atoms with Gasteiger partial charge in [-0.1, -0.05) is 60.2 Å². The summed E-state index contributed by atoms with van der Waals surface area (Å²) in [4.78, 5) is 13.1. The summed E-state index contributed by atoms with van der Waals surface area (Å²) >= 11 is 0. The largest absolute Gasteiger partial charge is 0.467 e. The third-order valence-electron chi connectivity index (χ3n) is 4.84. The van der Waals surface area contributed by atoms with E-state index in [0.717, 1.165) is 16.7 Å². The second-order valence-electron chi connectivity index (χ2n) is 7.15. The summed E-state index contributed by atoms with van der Waals surface area (Å²) < 4.78 is 7.23. The number of rotatable bonds is 6. The van der Waals surface area contributed by atoms with E-state index in [0.29, 0.717) is 23.6 Å². The van der Waals surface area contributed by atoms with Crippen molar-refractivity contribution in [1.29, 1.82) is 0 Å². The fraction of sp³-hybridized carbons (Fsp3) is 0.167. The lowest BCUT2D eigenvalue weighted by Crippen LogP contribution is -2.26. The fourth-order valence-corrected chi connectivity index (χ4v) is 3.25. The van der Waals surface area contributed by atoms with Gasteiger partial charge in [0.05, 0.1) is 24.4 Å². The molecule has 0 aliphatic heterocycles. The van der Waals surface area contributed by atoms with E-state index in [1.165, 1.54) is 0 Å². The molecule has 0 saturated heterocycles. The predicted molar refractivity (Wildman–Crippen MR) is 113 cm³/mol. The Morgan fingerprint density at radius 1 is 1.07 bits per heavy atom. The minimum Gasteiger partial charge on any atom is -0.467 e. The van der Waals surface area contributed by atoms with Crippen LogP contribution in [0, 0.1) is 6.92 Å². The Labute approximate surface area is 170 Å². The minimum absolute atomic E-state index is 0.177. The first-order valence-electron chi connectivity index (χ1n) is 9.63. The Morgan fingerprint density at radius 3 is 2.52 bits per heavy atom. The van der Waals surface area contributed by atoms with Crippen LogP contribution in [0.3, 0.4) is 0 Å². The maximum Gasteiger partial charge on any atom is 0.255 e. The standard InChI is InChI=1S/C24H23N3O2/c1-17-10-12-20(13-11-17)23-21(24(28)25-18(2)22-9-6-14-29-22)16-27(26-23)15-19-7-4-3-5-8-19/h3-14,16,18H,15H2,1-2H3,(H,25,28)/t18-/m0/s1. The maximum absolute atomic E-state index is 13.1. The van der Waals surface area contributed by atoms with Gasteiger partial charge in [-0.25, -0.2) is 0 Å². The molecule has 1 atom stereocenters. The highest BCUT2D eigenvalue weighted by molar-refractivity contribution is 6.00. The van der Waals surface area contributed by atoms with Crippen molar-refractivity contribution in [2.75, 3.05) is 0 Å². The maximum atomic E-state index is 13.1. The predicted octanol–water partition coefficient (Wildman–Crippen LogP) is 4.99. The molecule has 0 aliphatic rings. The van der Waals surface area contributed by atoms with Crippen molar-refractivity contribution in [1.82, 2.24) is 15.1 Å². The van der Waals surface area contributed by atoms with Crippen LogP contribution in [0.2, 0.25) is 0 Å². The highest BCUT2D eigenvalue weighted by Gasteiger charge is 2.21. The molecule has 2 aromatic heterocycles. The number of aryl methyl sites for hydroxylation is 1. The van der Waals surface area contributed by atoms with Crippen LogP contribution in [0.4, 0.5) is 0 Å². The summed E-state index contributed by atoms with van der Waals surface area (Å²) in [6, 6.07) is 21.6. The van der Waals surface area contributed by atoms with Crippen LogP contribution in [0.5, 0.6) is 0 Å². The SMILES string of the molecule is Cc1ccc(-c2nn(Cc3ccccc3)cc2C(=O)N[C@@H](C)c2ccco2)cc1. The lowest BCUT2D eigenvalue weighted by Gasteiger charge is -2.11. The van der Waals surface area contributed by atoms with Gasteiger partial charge in [-0.15, -0.1) is 0 Å². The molecule has 1 N–H and O–H groups in total. The topological polar surface area (TPSA) is 60.1 Å². The molecule has 2 heterocycles. The molecule has 0 radical (unpaired) electrons. The van der Waals surface area contributed by atoms with E-state index in [9.17, 15) is 4.79 Å². The molecule has 2 aromatic carbocycles. The lowest BCUT2D eigenvalue weighted by atomic mass is 10.1. The Bertz CT molecular complexity index is 1080. The quantitative estimate of drug-likeness (QED) is 0.509. The van der Waals surface area contributed by atoms with E-state index < -0.39 is 0 Å². The Balaban J connectivity index is 1.66. The van der Waals surface area contributed by atoms with Gasteiger partial charge in [0.2, 0.25) is 0 Å². The average Bonchev–Trinajstić information content (AvgIpc) is 3.40. The number of carbonyl (C=O) groups excluding carboxylic acids is 1. The number of hydrogen-bond acceptors (Lipinski definition) is 3. The van der Waals surface area contributed by atoms with E-state index in [4.69, 9.17) is 9.52 Å². The van der Waals surface area contributed by atoms with Crippen LogP contribution in [0.25, 0.3) is 11.3 Å². The summed E-state index contributed by atoms with van der Waals surface area (Å²) in [6.07, 6.45) is 3.42.